The maximum absolute atomic E-state index is 5.54. The van der Waals surface area contributed by atoms with E-state index >= 15 is 0 Å². The molecule has 3 heteroatoms. The molecule has 1 fully saturated rings. The van der Waals surface area contributed by atoms with E-state index in [0.29, 0.717) is 18.2 Å². The summed E-state index contributed by atoms with van der Waals surface area (Å²) in [6, 6.07) is 1.40. The van der Waals surface area contributed by atoms with Crippen LogP contribution in [0.4, 0.5) is 0 Å². The predicted molar refractivity (Wildman–Crippen MR) is 64.0 cm³/mol. The zero-order chi connectivity index (χ0) is 10.4. The van der Waals surface area contributed by atoms with Crippen LogP contribution in [-0.4, -0.2) is 36.8 Å². The molecule has 0 spiro atoms. The third-order valence-corrected chi connectivity index (χ3v) is 3.56. The first-order chi connectivity index (χ1) is 6.80. The summed E-state index contributed by atoms with van der Waals surface area (Å²) in [4.78, 5) is 0. The van der Waals surface area contributed by atoms with Crippen LogP contribution < -0.4 is 5.32 Å². The second kappa shape index (κ2) is 6.70. The molecular formula is C11H23NOS. The van der Waals surface area contributed by atoms with Gasteiger partial charge in [0.15, 0.2) is 0 Å². The van der Waals surface area contributed by atoms with E-state index < -0.39 is 0 Å². The highest BCUT2D eigenvalue weighted by Gasteiger charge is 2.30. The first kappa shape index (κ1) is 12.3. The van der Waals surface area contributed by atoms with Crippen LogP contribution in [0.25, 0.3) is 0 Å². The average Bonchev–Trinajstić information content (AvgIpc) is 2.13. The molecule has 1 aliphatic rings. The van der Waals surface area contributed by atoms with Crippen LogP contribution in [0.3, 0.4) is 0 Å². The van der Waals surface area contributed by atoms with Crippen molar-refractivity contribution in [3.8, 4) is 0 Å². The predicted octanol–water partition coefficient (Wildman–Crippen LogP) is 2.29. The minimum absolute atomic E-state index is 0.532. The molecule has 0 saturated heterocycles. The summed E-state index contributed by atoms with van der Waals surface area (Å²) in [6.45, 7) is 5.19. The Balaban J connectivity index is 2.08. The van der Waals surface area contributed by atoms with Crippen LogP contribution in [0.15, 0.2) is 0 Å². The van der Waals surface area contributed by atoms with Crippen molar-refractivity contribution in [2.24, 2.45) is 0 Å². The van der Waals surface area contributed by atoms with Gasteiger partial charge in [-0.1, -0.05) is 6.92 Å². The molecule has 0 heterocycles. The number of thioether (sulfide) groups is 1. The molecule has 1 unspecified atom stereocenters. The van der Waals surface area contributed by atoms with Gasteiger partial charge in [-0.15, -0.1) is 0 Å². The molecule has 1 atom stereocenters. The van der Waals surface area contributed by atoms with E-state index in [1.165, 1.54) is 25.0 Å². The van der Waals surface area contributed by atoms with E-state index in [4.69, 9.17) is 4.74 Å². The molecule has 0 bridgehead atoms. The van der Waals surface area contributed by atoms with Gasteiger partial charge < -0.3 is 10.1 Å². The van der Waals surface area contributed by atoms with Gasteiger partial charge in [-0.3, -0.25) is 0 Å². The molecule has 1 N–H and O–H groups in total. The van der Waals surface area contributed by atoms with Crippen molar-refractivity contribution >= 4 is 11.8 Å². The van der Waals surface area contributed by atoms with Gasteiger partial charge in [0, 0.05) is 24.4 Å². The van der Waals surface area contributed by atoms with E-state index in [9.17, 15) is 0 Å². The van der Waals surface area contributed by atoms with Crippen LogP contribution in [0, 0.1) is 0 Å². The smallest absolute Gasteiger partial charge is 0.0604 e. The fraction of sp³-hybridized carbons (Fsp3) is 1.00. The topological polar surface area (TPSA) is 21.3 Å². The molecule has 1 rings (SSSR count). The van der Waals surface area contributed by atoms with E-state index in [1.54, 1.807) is 0 Å². The number of hydrogen-bond donors (Lipinski definition) is 1. The first-order valence-electron chi connectivity index (χ1n) is 5.66. The van der Waals surface area contributed by atoms with Gasteiger partial charge in [0.25, 0.3) is 0 Å². The summed E-state index contributed by atoms with van der Waals surface area (Å²) in [6.07, 6.45) is 6.35. The van der Waals surface area contributed by atoms with Crippen LogP contribution in [-0.2, 0) is 4.74 Å². The first-order valence-corrected chi connectivity index (χ1v) is 7.06. The molecule has 84 valence electrons. The van der Waals surface area contributed by atoms with E-state index in [-0.39, 0.29) is 0 Å². The van der Waals surface area contributed by atoms with Crippen LogP contribution in [0.2, 0.25) is 0 Å². The van der Waals surface area contributed by atoms with Crippen molar-refractivity contribution in [3.05, 3.63) is 0 Å². The quantitative estimate of drug-likeness (QED) is 0.707. The Morgan fingerprint density at radius 3 is 2.64 bits per heavy atom. The SMILES string of the molecule is CCOC1CC(NC(CC)CSC)C1. The number of nitrogens with one attached hydrogen (secondary N) is 1. The van der Waals surface area contributed by atoms with Gasteiger partial charge >= 0.3 is 0 Å². The molecule has 0 aromatic rings. The van der Waals surface area contributed by atoms with Crippen LogP contribution >= 0.6 is 11.8 Å². The van der Waals surface area contributed by atoms with Crippen molar-refractivity contribution in [1.82, 2.24) is 5.32 Å². The van der Waals surface area contributed by atoms with Gasteiger partial charge in [0.1, 0.15) is 0 Å². The second-order valence-electron chi connectivity index (χ2n) is 3.97. The molecule has 1 saturated carbocycles. The number of ether oxygens (including phenoxy) is 1. The molecule has 0 radical (unpaired) electrons. The molecular weight excluding hydrogens is 194 g/mol. The monoisotopic (exact) mass is 217 g/mol. The molecule has 0 aromatic heterocycles. The highest BCUT2D eigenvalue weighted by Crippen LogP contribution is 2.24. The molecule has 0 aliphatic heterocycles. The van der Waals surface area contributed by atoms with Crippen molar-refractivity contribution in [2.75, 3.05) is 18.6 Å². The van der Waals surface area contributed by atoms with Gasteiger partial charge in [-0.25, -0.2) is 0 Å². The zero-order valence-corrected chi connectivity index (χ0v) is 10.4. The van der Waals surface area contributed by atoms with Crippen molar-refractivity contribution in [2.45, 2.75) is 51.3 Å². The number of hydrogen-bond acceptors (Lipinski definition) is 3. The second-order valence-corrected chi connectivity index (χ2v) is 4.88. The minimum atomic E-state index is 0.532. The molecule has 0 amide bonds. The Bertz CT molecular complexity index is 148. The van der Waals surface area contributed by atoms with Gasteiger partial charge in [0.05, 0.1) is 6.10 Å². The van der Waals surface area contributed by atoms with E-state index in [0.717, 1.165) is 6.61 Å². The van der Waals surface area contributed by atoms with Gasteiger partial charge in [0.2, 0.25) is 0 Å². The van der Waals surface area contributed by atoms with Crippen molar-refractivity contribution < 1.29 is 4.74 Å². The zero-order valence-electron chi connectivity index (χ0n) is 9.58. The summed E-state index contributed by atoms with van der Waals surface area (Å²) in [5, 5.41) is 3.69. The molecule has 1 aliphatic carbocycles. The third-order valence-electron chi connectivity index (χ3n) is 2.83. The maximum Gasteiger partial charge on any atom is 0.0604 e. The number of rotatable bonds is 7. The van der Waals surface area contributed by atoms with E-state index in [1.807, 2.05) is 11.8 Å². The summed E-state index contributed by atoms with van der Waals surface area (Å²) < 4.78 is 5.54. The Hall–Kier alpha value is 0.270. The lowest BCUT2D eigenvalue weighted by Crippen LogP contribution is -2.50. The standard InChI is InChI=1S/C11H23NOS/c1-4-9(8-14-3)12-10-6-11(7-10)13-5-2/h9-12H,4-8H2,1-3H3. The highest BCUT2D eigenvalue weighted by molar-refractivity contribution is 7.98. The minimum Gasteiger partial charge on any atom is -0.378 e. The summed E-state index contributed by atoms with van der Waals surface area (Å²) in [7, 11) is 0. The summed E-state index contributed by atoms with van der Waals surface area (Å²) >= 11 is 1.93. The summed E-state index contributed by atoms with van der Waals surface area (Å²) in [5.41, 5.74) is 0. The van der Waals surface area contributed by atoms with Crippen LogP contribution in [0.5, 0.6) is 0 Å². The van der Waals surface area contributed by atoms with E-state index in [2.05, 4.69) is 25.4 Å². The molecule has 0 aromatic carbocycles. The van der Waals surface area contributed by atoms with Crippen molar-refractivity contribution in [3.63, 3.8) is 0 Å². The fourth-order valence-electron chi connectivity index (χ4n) is 1.89. The normalized spacial score (nSPS) is 28.5. The maximum atomic E-state index is 5.54. The lowest BCUT2D eigenvalue weighted by Gasteiger charge is -2.37. The Labute approximate surface area is 92.2 Å². The van der Waals surface area contributed by atoms with Gasteiger partial charge in [-0.2, -0.15) is 11.8 Å². The fourth-order valence-corrected chi connectivity index (χ4v) is 2.63. The Kier molecular flexibility index (Phi) is 5.90. The van der Waals surface area contributed by atoms with Crippen LogP contribution in [0.1, 0.15) is 33.1 Å². The Morgan fingerprint density at radius 2 is 2.14 bits per heavy atom. The van der Waals surface area contributed by atoms with Gasteiger partial charge in [-0.05, 0) is 32.4 Å². The average molecular weight is 217 g/mol. The lowest BCUT2D eigenvalue weighted by molar-refractivity contribution is -0.0118. The van der Waals surface area contributed by atoms with Crippen molar-refractivity contribution in [1.29, 1.82) is 0 Å². The molecule has 14 heavy (non-hydrogen) atoms. The Morgan fingerprint density at radius 1 is 1.43 bits per heavy atom. The highest BCUT2D eigenvalue weighted by atomic mass is 32.2. The third kappa shape index (κ3) is 3.79. The lowest BCUT2D eigenvalue weighted by atomic mass is 9.88. The largest absolute Gasteiger partial charge is 0.378 e. The summed E-state index contributed by atoms with van der Waals surface area (Å²) in [5.74, 6) is 1.23. The molecule has 2 nitrogen and oxygen atoms in total.